The van der Waals surface area contributed by atoms with Crippen LogP contribution in [0.4, 0.5) is 19.3 Å². The predicted molar refractivity (Wildman–Crippen MR) is 278 cm³/mol. The first-order chi connectivity index (χ1) is 35.7. The van der Waals surface area contributed by atoms with Crippen molar-refractivity contribution in [3.63, 3.8) is 0 Å². The molecule has 0 unspecified atom stereocenters. The minimum absolute atomic E-state index is 0.0107. The van der Waals surface area contributed by atoms with Crippen LogP contribution < -0.4 is 40.8 Å². The number of fused-ring (bicyclic) bond motifs is 1. The quantitative estimate of drug-likeness (QED) is 0.0855. The molecule has 1 saturated carbocycles. The van der Waals surface area contributed by atoms with Crippen LogP contribution in [0.5, 0.6) is 17.2 Å². The number of rotatable bonds is 16. The highest BCUT2D eigenvalue weighted by Gasteiger charge is 2.50. The number of methoxy groups -OCH3 is 2. The summed E-state index contributed by atoms with van der Waals surface area (Å²) in [7, 11) is 2.84. The highest BCUT2D eigenvalue weighted by atomic mass is 35.5. The van der Waals surface area contributed by atoms with Crippen molar-refractivity contribution in [1.29, 1.82) is 0 Å². The molecule has 3 saturated heterocycles. The van der Waals surface area contributed by atoms with Crippen molar-refractivity contribution >= 4 is 41.0 Å². The zero-order valence-corrected chi connectivity index (χ0v) is 43.0. The first-order valence-electron chi connectivity index (χ1n) is 25.7. The Kier molecular flexibility index (Phi) is 16.1. The highest BCUT2D eigenvalue weighted by Crippen LogP contribution is 2.56. The minimum atomic E-state index is -1.08. The van der Waals surface area contributed by atoms with Gasteiger partial charge >= 0.3 is 6.03 Å². The average Bonchev–Trinajstić information content (AvgIpc) is 3.70. The van der Waals surface area contributed by atoms with Gasteiger partial charge in [0.05, 0.1) is 42.7 Å². The number of ether oxygens (including phenoxy) is 4. The summed E-state index contributed by atoms with van der Waals surface area (Å²) in [6.45, 7) is 10.8. The average molecular weight is 1040 g/mol. The van der Waals surface area contributed by atoms with Crippen LogP contribution >= 0.6 is 11.6 Å². The number of nitrogens with two attached hydrogens (primary N) is 1. The zero-order valence-electron chi connectivity index (χ0n) is 42.3. The van der Waals surface area contributed by atoms with Gasteiger partial charge in [-0.2, -0.15) is 0 Å². The Labute approximate surface area is 436 Å². The SMILES string of the molecule is C=C1CCN(c2cc(C(=O)N3CCC(OC4CCN(CCNC(=O)C5CCC(NC[C@]6(c7ccccc7)Oc7cc(F)c(Cl)c(-c8c(C(N)=O)ccc(OC)c8F)c7[C@@H]6C)CC5)CC4)CC3)ccc2OC)C(=O)N1. The lowest BCUT2D eigenvalue weighted by molar-refractivity contribution is -0.126. The summed E-state index contributed by atoms with van der Waals surface area (Å²) in [6.07, 6.45) is 7.08. The number of nitrogens with one attached hydrogen (secondary N) is 3. The number of halogens is 3. The van der Waals surface area contributed by atoms with Gasteiger partial charge in [0.1, 0.15) is 17.3 Å². The Morgan fingerprint density at radius 1 is 0.878 bits per heavy atom. The number of amides is 5. The molecule has 0 aromatic heterocycles. The Morgan fingerprint density at radius 2 is 1.55 bits per heavy atom. The van der Waals surface area contributed by atoms with E-state index in [-0.39, 0.29) is 75.2 Å². The van der Waals surface area contributed by atoms with Gasteiger partial charge in [0.2, 0.25) is 11.8 Å². The molecule has 4 aromatic carbocycles. The minimum Gasteiger partial charge on any atom is -0.495 e. The Hall–Kier alpha value is -6.27. The molecule has 4 aromatic rings. The maximum atomic E-state index is 16.2. The van der Waals surface area contributed by atoms with Crippen LogP contribution in [0.1, 0.15) is 102 Å². The number of carbonyl (C=O) groups is 4. The maximum absolute atomic E-state index is 16.2. The van der Waals surface area contributed by atoms with Crippen LogP contribution in [0.3, 0.4) is 0 Å². The lowest BCUT2D eigenvalue weighted by Gasteiger charge is -2.37. The maximum Gasteiger partial charge on any atom is 0.326 e. The van der Waals surface area contributed by atoms with Crippen LogP contribution in [0.15, 0.2) is 79.0 Å². The molecular formula is C56H66ClF2N7O8. The van der Waals surface area contributed by atoms with E-state index in [1.54, 1.807) is 30.2 Å². The van der Waals surface area contributed by atoms with Crippen LogP contribution in [0.2, 0.25) is 5.02 Å². The Balaban J connectivity index is 0.723. The van der Waals surface area contributed by atoms with Crippen LogP contribution in [-0.2, 0) is 15.1 Å². The van der Waals surface area contributed by atoms with E-state index in [4.69, 9.17) is 36.3 Å². The van der Waals surface area contributed by atoms with Crippen molar-refractivity contribution in [3.05, 3.63) is 118 Å². The second-order valence-electron chi connectivity index (χ2n) is 20.1. The molecule has 4 heterocycles. The second-order valence-corrected chi connectivity index (χ2v) is 20.5. The molecule has 394 valence electrons. The van der Waals surface area contributed by atoms with Gasteiger partial charge in [-0.1, -0.05) is 55.4 Å². The molecule has 0 radical (unpaired) electrons. The summed E-state index contributed by atoms with van der Waals surface area (Å²) in [4.78, 5) is 58.3. The third-order valence-electron chi connectivity index (χ3n) is 15.8. The molecular weight excluding hydrogens is 972 g/mol. The third kappa shape index (κ3) is 10.8. The number of nitrogens with zero attached hydrogens (tertiary/aromatic N) is 3. The summed E-state index contributed by atoms with van der Waals surface area (Å²) in [5.74, 6) is -2.73. The van der Waals surface area contributed by atoms with E-state index in [1.165, 1.54) is 25.3 Å². The first kappa shape index (κ1) is 52.6. The fourth-order valence-corrected chi connectivity index (χ4v) is 11.8. The fraction of sp³-hybridized carbons (Fsp3) is 0.464. The van der Waals surface area contributed by atoms with Crippen LogP contribution in [0.25, 0.3) is 11.1 Å². The normalized spacial score (nSPS) is 22.7. The summed E-state index contributed by atoms with van der Waals surface area (Å²) >= 11 is 6.69. The molecule has 1 aliphatic carbocycles. The van der Waals surface area contributed by atoms with Crippen LogP contribution in [-0.4, -0.2) is 118 Å². The third-order valence-corrected chi connectivity index (χ3v) is 16.1. The Bertz CT molecular complexity index is 2760. The molecule has 5 N–H and O–H groups in total. The van der Waals surface area contributed by atoms with E-state index in [1.807, 2.05) is 42.2 Å². The smallest absolute Gasteiger partial charge is 0.326 e. The molecule has 18 heteroatoms. The molecule has 0 bridgehead atoms. The fourth-order valence-electron chi connectivity index (χ4n) is 11.5. The number of urea groups is 1. The van der Waals surface area contributed by atoms with Gasteiger partial charge in [-0.15, -0.1) is 0 Å². The number of likely N-dealkylation sites (tertiary alicyclic amines) is 2. The lowest BCUT2D eigenvalue weighted by atomic mass is 9.77. The van der Waals surface area contributed by atoms with E-state index < -0.39 is 29.1 Å². The molecule has 0 spiro atoms. The van der Waals surface area contributed by atoms with Crippen molar-refractivity contribution < 1.29 is 46.9 Å². The highest BCUT2D eigenvalue weighted by molar-refractivity contribution is 6.34. The van der Waals surface area contributed by atoms with Crippen molar-refractivity contribution in [3.8, 4) is 28.4 Å². The number of carbonyl (C=O) groups excluding carboxylic acids is 4. The summed E-state index contributed by atoms with van der Waals surface area (Å²) in [5.41, 5.74) is 7.21. The van der Waals surface area contributed by atoms with Crippen LogP contribution in [0, 0.1) is 17.6 Å². The molecule has 4 fully saturated rings. The number of hydrogen-bond donors (Lipinski definition) is 4. The van der Waals surface area contributed by atoms with E-state index in [2.05, 4.69) is 27.4 Å². The number of hydrogen-bond acceptors (Lipinski definition) is 10. The zero-order chi connectivity index (χ0) is 52.3. The molecule has 74 heavy (non-hydrogen) atoms. The van der Waals surface area contributed by atoms with Crippen molar-refractivity contribution in [2.45, 2.75) is 94.5 Å². The monoisotopic (exact) mass is 1040 g/mol. The van der Waals surface area contributed by atoms with Gasteiger partial charge in [-0.25, -0.2) is 13.6 Å². The van der Waals surface area contributed by atoms with Crippen molar-refractivity contribution in [2.24, 2.45) is 11.7 Å². The number of anilines is 1. The number of benzene rings is 4. The van der Waals surface area contributed by atoms with Gasteiger partial charge in [0.25, 0.3) is 5.91 Å². The molecule has 2 atom stereocenters. The summed E-state index contributed by atoms with van der Waals surface area (Å²) in [6, 6.07) is 18.4. The second kappa shape index (κ2) is 22.7. The molecule has 9 rings (SSSR count). The Morgan fingerprint density at radius 3 is 2.22 bits per heavy atom. The first-order valence-corrected chi connectivity index (χ1v) is 26.1. The van der Waals surface area contributed by atoms with Crippen molar-refractivity contribution in [1.82, 2.24) is 25.8 Å². The molecule has 4 aliphatic heterocycles. The number of piperidine rings is 2. The largest absolute Gasteiger partial charge is 0.495 e. The lowest BCUT2D eigenvalue weighted by Crippen LogP contribution is -2.48. The molecule has 5 aliphatic rings. The van der Waals surface area contributed by atoms with Gasteiger partial charge in [-0.05, 0) is 87.3 Å². The summed E-state index contributed by atoms with van der Waals surface area (Å²) in [5, 5.41) is 9.32. The van der Waals surface area contributed by atoms with E-state index in [0.29, 0.717) is 80.2 Å². The topological polar surface area (TPSA) is 177 Å². The van der Waals surface area contributed by atoms with Gasteiger partial charge in [-0.3, -0.25) is 19.3 Å². The van der Waals surface area contributed by atoms with E-state index in [9.17, 15) is 19.2 Å². The van der Waals surface area contributed by atoms with E-state index >= 15 is 8.78 Å². The van der Waals surface area contributed by atoms with Gasteiger partial charge in [0, 0.05) is 111 Å². The predicted octanol–water partition coefficient (Wildman–Crippen LogP) is 8.28. The van der Waals surface area contributed by atoms with Gasteiger partial charge < -0.3 is 50.4 Å². The molecule has 5 amide bonds. The number of primary amides is 1. The van der Waals surface area contributed by atoms with Crippen molar-refractivity contribution in [2.75, 3.05) is 71.5 Å². The molecule has 15 nitrogen and oxygen atoms in total. The van der Waals surface area contributed by atoms with Gasteiger partial charge in [0.15, 0.2) is 17.2 Å². The summed E-state index contributed by atoms with van der Waals surface area (Å²) < 4.78 is 56.1. The van der Waals surface area contributed by atoms with E-state index in [0.717, 1.165) is 63.7 Å². The standard InChI is InChI=1S/C56H66ClF2N7O8/c1-33-18-28-66(55(70)63-33)43-30-36(12-16-44(43)71-3)54(69)65-26-21-40(22-27-65)73-39-19-24-64(25-20-39)29-23-61-53(68)35-10-13-38(14-11-35)62-32-56(37-8-6-5-7-9-37)34(2)47-46(74-56)31-42(58)50(57)49(47)48-41(52(60)67)15-17-45(72-4)51(48)59/h5-9,12,15-17,30-31,34-35,38-40,62H,1,10-11,13-14,18-29,32H2,2-4H3,(H2,60,67)(H,61,68)(H,63,70)/t34-,35?,38?,56-/m0/s1.